The van der Waals surface area contributed by atoms with Crippen molar-refractivity contribution >= 4 is 38.9 Å². The highest BCUT2D eigenvalue weighted by molar-refractivity contribution is 7.92. The van der Waals surface area contributed by atoms with Crippen LogP contribution in [0.5, 0.6) is 0 Å². The molecule has 0 bridgehead atoms. The molecule has 1 aliphatic heterocycles. The van der Waals surface area contributed by atoms with Crippen LogP contribution in [-0.4, -0.2) is 45.4 Å². The number of hydrogen-bond donors (Lipinski definition) is 1. The first-order chi connectivity index (χ1) is 12.4. The monoisotopic (exact) mass is 393 g/mol. The molecule has 2 aromatic carbocycles. The standard InChI is InChI=1S/C18H20ClN3O3S/c1-14(23)21-10-12-22(13-11-21)16-8-6-15(7-9-16)20-26(24,25)18-5-3-2-4-17(18)19/h2-9,20H,10-13H2,1H3. The van der Waals surface area contributed by atoms with Crippen molar-refractivity contribution in [3.05, 3.63) is 53.6 Å². The lowest BCUT2D eigenvalue weighted by Gasteiger charge is -2.35. The van der Waals surface area contributed by atoms with Crippen LogP contribution in [0.3, 0.4) is 0 Å². The lowest BCUT2D eigenvalue weighted by atomic mass is 10.2. The van der Waals surface area contributed by atoms with Crippen molar-refractivity contribution in [3.8, 4) is 0 Å². The molecular formula is C18H20ClN3O3S. The van der Waals surface area contributed by atoms with E-state index in [-0.39, 0.29) is 15.8 Å². The highest BCUT2D eigenvalue weighted by atomic mass is 35.5. The number of anilines is 2. The topological polar surface area (TPSA) is 69.7 Å². The molecule has 0 unspecified atom stereocenters. The van der Waals surface area contributed by atoms with E-state index in [1.54, 1.807) is 37.3 Å². The summed E-state index contributed by atoms with van der Waals surface area (Å²) in [7, 11) is -3.74. The molecule has 1 aliphatic rings. The molecule has 0 saturated carbocycles. The molecule has 0 aliphatic carbocycles. The van der Waals surface area contributed by atoms with E-state index >= 15 is 0 Å². The molecule has 0 radical (unpaired) electrons. The minimum atomic E-state index is -3.74. The minimum Gasteiger partial charge on any atom is -0.368 e. The zero-order valence-electron chi connectivity index (χ0n) is 14.4. The summed E-state index contributed by atoms with van der Waals surface area (Å²) in [6.07, 6.45) is 0. The summed E-state index contributed by atoms with van der Waals surface area (Å²) in [5.74, 6) is 0.0916. The second-order valence-corrected chi connectivity index (χ2v) is 8.13. The molecule has 1 fully saturated rings. The van der Waals surface area contributed by atoms with Crippen molar-refractivity contribution in [3.63, 3.8) is 0 Å². The summed E-state index contributed by atoms with van der Waals surface area (Å²) in [6.45, 7) is 4.47. The van der Waals surface area contributed by atoms with Crippen LogP contribution in [0.1, 0.15) is 6.92 Å². The SMILES string of the molecule is CC(=O)N1CCN(c2ccc(NS(=O)(=O)c3ccccc3Cl)cc2)CC1. The van der Waals surface area contributed by atoms with Gasteiger partial charge in [0.05, 0.1) is 5.02 Å². The van der Waals surface area contributed by atoms with E-state index in [0.29, 0.717) is 18.8 Å². The number of carbonyl (C=O) groups is 1. The van der Waals surface area contributed by atoms with E-state index in [1.165, 1.54) is 6.07 Å². The molecule has 0 aromatic heterocycles. The van der Waals surface area contributed by atoms with Crippen LogP contribution < -0.4 is 9.62 Å². The van der Waals surface area contributed by atoms with Crippen molar-refractivity contribution < 1.29 is 13.2 Å². The van der Waals surface area contributed by atoms with Gasteiger partial charge in [0, 0.05) is 44.5 Å². The third-order valence-corrected chi connectivity index (χ3v) is 6.22. The Morgan fingerprint density at radius 1 is 1.00 bits per heavy atom. The quantitative estimate of drug-likeness (QED) is 0.867. The van der Waals surface area contributed by atoms with Crippen molar-refractivity contribution in [1.82, 2.24) is 4.90 Å². The first-order valence-corrected chi connectivity index (χ1v) is 10.1. The second kappa shape index (κ2) is 7.55. The summed E-state index contributed by atoms with van der Waals surface area (Å²) in [6, 6.07) is 13.5. The number of amides is 1. The summed E-state index contributed by atoms with van der Waals surface area (Å²) in [5, 5.41) is 0.181. The maximum Gasteiger partial charge on any atom is 0.263 e. The second-order valence-electron chi connectivity index (χ2n) is 6.08. The van der Waals surface area contributed by atoms with Crippen LogP contribution in [0.4, 0.5) is 11.4 Å². The van der Waals surface area contributed by atoms with Gasteiger partial charge in [0.25, 0.3) is 10.0 Å². The largest absolute Gasteiger partial charge is 0.368 e. The Morgan fingerprint density at radius 2 is 1.62 bits per heavy atom. The highest BCUT2D eigenvalue weighted by Gasteiger charge is 2.20. The summed E-state index contributed by atoms with van der Waals surface area (Å²) >= 11 is 5.98. The molecule has 0 atom stereocenters. The molecule has 0 spiro atoms. The number of halogens is 1. The van der Waals surface area contributed by atoms with Gasteiger partial charge in [-0.15, -0.1) is 0 Å². The number of sulfonamides is 1. The van der Waals surface area contributed by atoms with Gasteiger partial charge in [0.15, 0.2) is 0 Å². The Balaban J connectivity index is 1.69. The van der Waals surface area contributed by atoms with Gasteiger partial charge in [-0.1, -0.05) is 23.7 Å². The van der Waals surface area contributed by atoms with Gasteiger partial charge in [0.1, 0.15) is 4.90 Å². The van der Waals surface area contributed by atoms with Crippen molar-refractivity contribution in [2.45, 2.75) is 11.8 Å². The summed E-state index contributed by atoms with van der Waals surface area (Å²) in [5.41, 5.74) is 1.46. The average Bonchev–Trinajstić information content (AvgIpc) is 2.62. The van der Waals surface area contributed by atoms with Gasteiger partial charge in [-0.2, -0.15) is 0 Å². The molecule has 1 amide bonds. The fourth-order valence-corrected chi connectivity index (χ4v) is 4.47. The maximum atomic E-state index is 12.5. The average molecular weight is 394 g/mol. The third-order valence-electron chi connectivity index (χ3n) is 4.34. The van der Waals surface area contributed by atoms with E-state index in [0.717, 1.165) is 18.8 Å². The van der Waals surface area contributed by atoms with Gasteiger partial charge in [-0.25, -0.2) is 8.42 Å². The molecule has 3 rings (SSSR count). The number of nitrogens with one attached hydrogen (secondary N) is 1. The molecule has 8 heteroatoms. The predicted molar refractivity (Wildman–Crippen MR) is 103 cm³/mol. The zero-order valence-corrected chi connectivity index (χ0v) is 15.9. The maximum absolute atomic E-state index is 12.5. The first-order valence-electron chi connectivity index (χ1n) is 8.25. The normalized spacial score (nSPS) is 15.0. The van der Waals surface area contributed by atoms with Gasteiger partial charge in [-0.3, -0.25) is 9.52 Å². The van der Waals surface area contributed by atoms with Crippen LogP contribution in [-0.2, 0) is 14.8 Å². The Bertz CT molecular complexity index is 892. The minimum absolute atomic E-state index is 0.0473. The molecule has 138 valence electrons. The Kier molecular flexibility index (Phi) is 5.38. The zero-order chi connectivity index (χ0) is 18.7. The van der Waals surface area contributed by atoms with Crippen LogP contribution in [0.15, 0.2) is 53.4 Å². The van der Waals surface area contributed by atoms with E-state index in [9.17, 15) is 13.2 Å². The van der Waals surface area contributed by atoms with Crippen LogP contribution in [0.25, 0.3) is 0 Å². The number of nitrogens with zero attached hydrogens (tertiary/aromatic N) is 2. The molecule has 2 aromatic rings. The highest BCUT2D eigenvalue weighted by Crippen LogP contribution is 2.25. The summed E-state index contributed by atoms with van der Waals surface area (Å²) in [4.78, 5) is 15.4. The molecule has 6 nitrogen and oxygen atoms in total. The molecule has 26 heavy (non-hydrogen) atoms. The lowest BCUT2D eigenvalue weighted by Crippen LogP contribution is -2.48. The Hall–Kier alpha value is -2.25. The lowest BCUT2D eigenvalue weighted by molar-refractivity contribution is -0.129. The Morgan fingerprint density at radius 3 is 2.19 bits per heavy atom. The molecule has 1 heterocycles. The number of carbonyl (C=O) groups excluding carboxylic acids is 1. The number of rotatable bonds is 4. The fourth-order valence-electron chi connectivity index (χ4n) is 2.89. The molecule has 1 N–H and O–H groups in total. The first kappa shape index (κ1) is 18.5. The van der Waals surface area contributed by atoms with E-state index in [4.69, 9.17) is 11.6 Å². The van der Waals surface area contributed by atoms with Gasteiger partial charge >= 0.3 is 0 Å². The molecular weight excluding hydrogens is 374 g/mol. The van der Waals surface area contributed by atoms with Crippen LogP contribution >= 0.6 is 11.6 Å². The van der Waals surface area contributed by atoms with Crippen LogP contribution in [0.2, 0.25) is 5.02 Å². The van der Waals surface area contributed by atoms with Crippen LogP contribution in [0, 0.1) is 0 Å². The van der Waals surface area contributed by atoms with Crippen molar-refractivity contribution in [2.24, 2.45) is 0 Å². The van der Waals surface area contributed by atoms with E-state index in [1.807, 2.05) is 17.0 Å². The van der Waals surface area contributed by atoms with Gasteiger partial charge in [-0.05, 0) is 36.4 Å². The fraction of sp³-hybridized carbons (Fsp3) is 0.278. The van der Waals surface area contributed by atoms with Crippen molar-refractivity contribution in [1.29, 1.82) is 0 Å². The van der Waals surface area contributed by atoms with Gasteiger partial charge in [0.2, 0.25) is 5.91 Å². The smallest absolute Gasteiger partial charge is 0.263 e. The Labute approximate surface area is 158 Å². The summed E-state index contributed by atoms with van der Waals surface area (Å²) < 4.78 is 27.5. The molecule has 1 saturated heterocycles. The van der Waals surface area contributed by atoms with E-state index < -0.39 is 10.0 Å². The van der Waals surface area contributed by atoms with Gasteiger partial charge < -0.3 is 9.80 Å². The number of hydrogen-bond acceptors (Lipinski definition) is 4. The number of piperazine rings is 1. The van der Waals surface area contributed by atoms with Crippen molar-refractivity contribution in [2.75, 3.05) is 35.8 Å². The van der Waals surface area contributed by atoms with E-state index in [2.05, 4.69) is 9.62 Å². The predicted octanol–water partition coefficient (Wildman–Crippen LogP) is 2.81. The third kappa shape index (κ3) is 4.11. The number of benzene rings is 2.